The molecule has 1 amide bonds. The molecule has 0 saturated heterocycles. The Morgan fingerprint density at radius 2 is 2.23 bits per heavy atom. The van der Waals surface area contributed by atoms with Crippen molar-refractivity contribution >= 4 is 18.0 Å². The lowest BCUT2D eigenvalue weighted by Crippen LogP contribution is -2.26. The van der Waals surface area contributed by atoms with E-state index in [1.165, 1.54) is 13.0 Å². The molecule has 6 heteroatoms. The highest BCUT2D eigenvalue weighted by Gasteiger charge is 2.24. The van der Waals surface area contributed by atoms with Crippen LogP contribution in [0.4, 0.5) is 0 Å². The Morgan fingerprint density at radius 1 is 1.50 bits per heavy atom. The van der Waals surface area contributed by atoms with Gasteiger partial charge in [0.15, 0.2) is 6.10 Å². The molecule has 2 N–H and O–H groups in total. The lowest BCUT2D eigenvalue weighted by molar-refractivity contribution is -0.144. The summed E-state index contributed by atoms with van der Waals surface area (Å²) in [6, 6.07) is 8.63. The predicted octanol–water partition coefficient (Wildman–Crippen LogP) is 1.72. The standard InChI is InChI=1S/C16H16N2O4/c1-10(16(20)21)22-14-4-2-3-11(8-14)7-12(9-17)15(19)18-13-5-6-13/h2-4,7-8,10,13H,5-6H2,1H3,(H,18,19)(H,20,21)/b12-7-/t10-/m1/s1. The van der Waals surface area contributed by atoms with Crippen LogP contribution in [-0.4, -0.2) is 29.1 Å². The number of hydrogen-bond acceptors (Lipinski definition) is 4. The van der Waals surface area contributed by atoms with Gasteiger partial charge in [-0.2, -0.15) is 5.26 Å². The molecule has 2 rings (SSSR count). The number of carbonyl (C=O) groups excluding carboxylic acids is 1. The Morgan fingerprint density at radius 3 is 2.82 bits per heavy atom. The van der Waals surface area contributed by atoms with E-state index in [9.17, 15) is 9.59 Å². The van der Waals surface area contributed by atoms with Gasteiger partial charge in [-0.1, -0.05) is 12.1 Å². The van der Waals surface area contributed by atoms with E-state index in [0.717, 1.165) is 12.8 Å². The maximum atomic E-state index is 11.9. The van der Waals surface area contributed by atoms with Crippen LogP contribution in [0.15, 0.2) is 29.8 Å². The van der Waals surface area contributed by atoms with E-state index in [2.05, 4.69) is 5.32 Å². The molecule has 0 bridgehead atoms. The summed E-state index contributed by atoms with van der Waals surface area (Å²) in [5, 5.41) is 20.7. The molecule has 1 saturated carbocycles. The monoisotopic (exact) mass is 300 g/mol. The predicted molar refractivity (Wildman–Crippen MR) is 78.9 cm³/mol. The quantitative estimate of drug-likeness (QED) is 0.615. The van der Waals surface area contributed by atoms with E-state index in [-0.39, 0.29) is 11.6 Å². The maximum Gasteiger partial charge on any atom is 0.344 e. The van der Waals surface area contributed by atoms with Crippen LogP contribution in [-0.2, 0) is 9.59 Å². The molecular weight excluding hydrogens is 284 g/mol. The molecule has 1 aliphatic rings. The minimum absolute atomic E-state index is 0.00957. The second-order valence-corrected chi connectivity index (χ2v) is 5.09. The summed E-state index contributed by atoms with van der Waals surface area (Å²) in [5.41, 5.74) is 0.605. The normalized spacial score (nSPS) is 15.5. The molecule has 114 valence electrons. The van der Waals surface area contributed by atoms with E-state index >= 15 is 0 Å². The minimum Gasteiger partial charge on any atom is -0.479 e. The number of rotatable bonds is 6. The molecule has 0 heterocycles. The van der Waals surface area contributed by atoms with Gasteiger partial charge in [0, 0.05) is 6.04 Å². The third kappa shape index (κ3) is 4.35. The first-order valence-corrected chi connectivity index (χ1v) is 6.92. The maximum absolute atomic E-state index is 11.9. The summed E-state index contributed by atoms with van der Waals surface area (Å²) >= 11 is 0. The molecule has 0 unspecified atom stereocenters. The zero-order valence-corrected chi connectivity index (χ0v) is 12.1. The van der Waals surface area contributed by atoms with Gasteiger partial charge in [-0.15, -0.1) is 0 Å². The molecule has 1 atom stereocenters. The lowest BCUT2D eigenvalue weighted by Gasteiger charge is -2.10. The molecule has 22 heavy (non-hydrogen) atoms. The van der Waals surface area contributed by atoms with Crippen LogP contribution in [0.25, 0.3) is 6.08 Å². The second kappa shape index (κ2) is 6.76. The van der Waals surface area contributed by atoms with E-state index in [0.29, 0.717) is 11.3 Å². The van der Waals surface area contributed by atoms with Gasteiger partial charge >= 0.3 is 5.97 Å². The summed E-state index contributed by atoms with van der Waals surface area (Å²) in [4.78, 5) is 22.6. The minimum atomic E-state index is -1.07. The fourth-order valence-electron chi connectivity index (χ4n) is 1.74. The smallest absolute Gasteiger partial charge is 0.344 e. The van der Waals surface area contributed by atoms with Crippen molar-refractivity contribution in [2.75, 3.05) is 0 Å². The third-order valence-electron chi connectivity index (χ3n) is 3.11. The number of aliphatic carboxylic acids is 1. The number of ether oxygens (including phenoxy) is 1. The summed E-state index contributed by atoms with van der Waals surface area (Å²) in [6.07, 6.45) is 2.37. The van der Waals surface area contributed by atoms with Gasteiger partial charge in [0.2, 0.25) is 0 Å². The van der Waals surface area contributed by atoms with Gasteiger partial charge in [0.05, 0.1) is 0 Å². The first-order chi connectivity index (χ1) is 10.5. The number of nitrogens with zero attached hydrogens (tertiary/aromatic N) is 1. The molecule has 0 aliphatic heterocycles. The number of amides is 1. The van der Waals surface area contributed by atoms with Crippen LogP contribution in [0.2, 0.25) is 0 Å². The van der Waals surface area contributed by atoms with E-state index in [4.69, 9.17) is 15.1 Å². The average molecular weight is 300 g/mol. The van der Waals surface area contributed by atoms with Crippen LogP contribution >= 0.6 is 0 Å². The Bertz CT molecular complexity index is 656. The second-order valence-electron chi connectivity index (χ2n) is 5.09. The summed E-state index contributed by atoms with van der Waals surface area (Å²) < 4.78 is 5.25. The Labute approximate surface area is 128 Å². The fourth-order valence-corrected chi connectivity index (χ4v) is 1.74. The highest BCUT2D eigenvalue weighted by atomic mass is 16.5. The van der Waals surface area contributed by atoms with Crippen LogP contribution in [0, 0.1) is 11.3 Å². The molecule has 0 spiro atoms. The molecule has 1 aromatic carbocycles. The first-order valence-electron chi connectivity index (χ1n) is 6.92. The number of nitriles is 1. The van der Waals surface area contributed by atoms with Crippen LogP contribution in [0.3, 0.4) is 0 Å². The highest BCUT2D eigenvalue weighted by Crippen LogP contribution is 2.20. The number of carbonyl (C=O) groups is 2. The van der Waals surface area contributed by atoms with Gasteiger partial charge in [-0.25, -0.2) is 4.79 Å². The lowest BCUT2D eigenvalue weighted by atomic mass is 10.1. The number of hydrogen-bond donors (Lipinski definition) is 2. The SMILES string of the molecule is C[C@@H](Oc1cccc(/C=C(/C#N)C(=O)NC2CC2)c1)C(=O)O. The largest absolute Gasteiger partial charge is 0.479 e. The zero-order chi connectivity index (χ0) is 16.1. The van der Waals surface area contributed by atoms with Crippen molar-refractivity contribution < 1.29 is 19.4 Å². The molecule has 0 radical (unpaired) electrons. The van der Waals surface area contributed by atoms with Crippen molar-refractivity contribution in [3.8, 4) is 11.8 Å². The van der Waals surface area contributed by atoms with Crippen molar-refractivity contribution in [3.63, 3.8) is 0 Å². The Hall–Kier alpha value is -2.81. The highest BCUT2D eigenvalue weighted by molar-refractivity contribution is 6.02. The number of carboxylic acid groups (broad SMARTS) is 1. The van der Waals surface area contributed by atoms with Crippen LogP contribution in [0.1, 0.15) is 25.3 Å². The average Bonchev–Trinajstić information content (AvgIpc) is 3.28. The van der Waals surface area contributed by atoms with E-state index < -0.39 is 18.0 Å². The summed E-state index contributed by atoms with van der Waals surface area (Å²) in [7, 11) is 0. The molecule has 1 fully saturated rings. The fraction of sp³-hybridized carbons (Fsp3) is 0.312. The summed E-state index contributed by atoms with van der Waals surface area (Å²) in [5.74, 6) is -1.10. The van der Waals surface area contributed by atoms with Crippen molar-refractivity contribution in [1.82, 2.24) is 5.32 Å². The molecule has 1 aromatic rings. The Balaban J connectivity index is 2.13. The van der Waals surface area contributed by atoms with Crippen molar-refractivity contribution in [2.24, 2.45) is 0 Å². The molecule has 0 aromatic heterocycles. The number of benzene rings is 1. The Kier molecular flexibility index (Phi) is 4.79. The summed E-state index contributed by atoms with van der Waals surface area (Å²) in [6.45, 7) is 1.43. The van der Waals surface area contributed by atoms with Gasteiger partial charge < -0.3 is 15.2 Å². The van der Waals surface area contributed by atoms with Crippen LogP contribution < -0.4 is 10.1 Å². The van der Waals surface area contributed by atoms with Crippen molar-refractivity contribution in [1.29, 1.82) is 5.26 Å². The van der Waals surface area contributed by atoms with Crippen LogP contribution in [0.5, 0.6) is 5.75 Å². The third-order valence-corrected chi connectivity index (χ3v) is 3.11. The zero-order valence-electron chi connectivity index (χ0n) is 12.1. The van der Waals surface area contributed by atoms with Gasteiger partial charge in [-0.05, 0) is 43.5 Å². The number of nitrogens with one attached hydrogen (secondary N) is 1. The van der Waals surface area contributed by atoms with Gasteiger partial charge in [-0.3, -0.25) is 4.79 Å². The van der Waals surface area contributed by atoms with Gasteiger partial charge in [0.25, 0.3) is 5.91 Å². The number of carboxylic acids is 1. The first kappa shape index (κ1) is 15.6. The van der Waals surface area contributed by atoms with E-state index in [1.54, 1.807) is 24.3 Å². The van der Waals surface area contributed by atoms with Crippen molar-refractivity contribution in [3.05, 3.63) is 35.4 Å². The molecular formula is C16H16N2O4. The topological polar surface area (TPSA) is 99.4 Å². The molecule has 1 aliphatic carbocycles. The van der Waals surface area contributed by atoms with E-state index in [1.807, 2.05) is 6.07 Å². The molecule has 6 nitrogen and oxygen atoms in total. The van der Waals surface area contributed by atoms with Crippen molar-refractivity contribution in [2.45, 2.75) is 31.9 Å². The van der Waals surface area contributed by atoms with Gasteiger partial charge in [0.1, 0.15) is 17.4 Å².